The molecule has 3 heteroatoms. The molecule has 0 bridgehead atoms. The summed E-state index contributed by atoms with van der Waals surface area (Å²) in [6.07, 6.45) is 10.2. The highest BCUT2D eigenvalue weighted by Crippen LogP contribution is 2.29. The summed E-state index contributed by atoms with van der Waals surface area (Å²) in [7, 11) is 4.09. The van der Waals surface area contributed by atoms with Crippen LogP contribution in [0, 0.1) is 5.92 Å². The van der Waals surface area contributed by atoms with Gasteiger partial charge in [0.15, 0.2) is 0 Å². The van der Waals surface area contributed by atoms with Crippen molar-refractivity contribution in [3.63, 3.8) is 0 Å². The number of nitrogens with zero attached hydrogens (tertiary/aromatic N) is 2. The van der Waals surface area contributed by atoms with E-state index in [0.29, 0.717) is 6.10 Å². The Balaban J connectivity index is 1.48. The number of likely N-dealkylation sites (N-methyl/N-ethyl adjacent to an activating group) is 1. The molecule has 112 valence electrons. The molecule has 1 aliphatic heterocycles. The number of hydrogen-bond acceptors (Lipinski definition) is 3. The second-order valence-corrected chi connectivity index (χ2v) is 6.52. The van der Waals surface area contributed by atoms with Crippen molar-refractivity contribution in [1.29, 1.82) is 0 Å². The van der Waals surface area contributed by atoms with E-state index in [9.17, 15) is 0 Å². The van der Waals surface area contributed by atoms with Gasteiger partial charge in [-0.1, -0.05) is 12.8 Å². The molecule has 1 aliphatic carbocycles. The Labute approximate surface area is 119 Å². The number of unbranched alkanes of at least 4 members (excludes halogenated alkanes) is 1. The van der Waals surface area contributed by atoms with Gasteiger partial charge in [-0.15, -0.1) is 0 Å². The lowest BCUT2D eigenvalue weighted by molar-refractivity contribution is 0.0549. The van der Waals surface area contributed by atoms with Crippen LogP contribution in [0.15, 0.2) is 0 Å². The summed E-state index contributed by atoms with van der Waals surface area (Å²) in [5.74, 6) is 0.985. The molecule has 1 saturated heterocycles. The zero-order valence-corrected chi connectivity index (χ0v) is 12.9. The minimum absolute atomic E-state index is 0.557. The highest BCUT2D eigenvalue weighted by atomic mass is 16.5. The summed E-state index contributed by atoms with van der Waals surface area (Å²) >= 11 is 0. The van der Waals surface area contributed by atoms with E-state index in [2.05, 4.69) is 16.8 Å². The standard InChI is InChI=1S/C16H32N2O/c1-17-11-13-18(14-12-17)10-4-3-5-15-6-8-16(19-2)9-7-15/h15-16H,3-14H2,1-2H3. The summed E-state index contributed by atoms with van der Waals surface area (Å²) in [6.45, 7) is 6.37. The van der Waals surface area contributed by atoms with Crippen molar-refractivity contribution in [2.24, 2.45) is 5.92 Å². The van der Waals surface area contributed by atoms with Crippen LogP contribution >= 0.6 is 0 Å². The van der Waals surface area contributed by atoms with Crippen LogP contribution in [0.5, 0.6) is 0 Å². The summed E-state index contributed by atoms with van der Waals surface area (Å²) in [6, 6.07) is 0. The molecule has 0 aromatic carbocycles. The number of methoxy groups -OCH3 is 1. The van der Waals surface area contributed by atoms with Gasteiger partial charge < -0.3 is 14.5 Å². The average molecular weight is 268 g/mol. The fourth-order valence-electron chi connectivity index (χ4n) is 3.50. The number of piperazine rings is 1. The maximum Gasteiger partial charge on any atom is 0.0571 e. The molecular weight excluding hydrogens is 236 g/mol. The third-order valence-corrected chi connectivity index (χ3v) is 5.06. The lowest BCUT2D eigenvalue weighted by atomic mass is 9.84. The van der Waals surface area contributed by atoms with Crippen molar-refractivity contribution < 1.29 is 4.74 Å². The molecule has 2 rings (SSSR count). The Morgan fingerprint density at radius 3 is 2.26 bits per heavy atom. The minimum Gasteiger partial charge on any atom is -0.381 e. The van der Waals surface area contributed by atoms with Gasteiger partial charge >= 0.3 is 0 Å². The molecule has 2 aliphatic rings. The highest BCUT2D eigenvalue weighted by Gasteiger charge is 2.20. The fourth-order valence-corrected chi connectivity index (χ4v) is 3.50. The van der Waals surface area contributed by atoms with Gasteiger partial charge in [0.1, 0.15) is 0 Å². The van der Waals surface area contributed by atoms with Gasteiger partial charge in [-0.25, -0.2) is 0 Å². The van der Waals surface area contributed by atoms with E-state index in [4.69, 9.17) is 4.74 Å². The molecular formula is C16H32N2O. The van der Waals surface area contributed by atoms with E-state index in [1.54, 1.807) is 0 Å². The van der Waals surface area contributed by atoms with Gasteiger partial charge in [-0.3, -0.25) is 0 Å². The van der Waals surface area contributed by atoms with Crippen molar-refractivity contribution in [2.45, 2.75) is 51.0 Å². The van der Waals surface area contributed by atoms with Crippen LogP contribution in [0.3, 0.4) is 0 Å². The van der Waals surface area contributed by atoms with Crippen LogP contribution in [0.25, 0.3) is 0 Å². The van der Waals surface area contributed by atoms with Gasteiger partial charge in [-0.05, 0) is 51.6 Å². The van der Waals surface area contributed by atoms with Crippen molar-refractivity contribution in [3.8, 4) is 0 Å². The Hall–Kier alpha value is -0.120. The molecule has 0 atom stereocenters. The maximum atomic E-state index is 5.44. The summed E-state index contributed by atoms with van der Waals surface area (Å²) < 4.78 is 5.44. The van der Waals surface area contributed by atoms with E-state index in [1.165, 1.54) is 77.7 Å². The lowest BCUT2D eigenvalue weighted by Crippen LogP contribution is -2.44. The highest BCUT2D eigenvalue weighted by molar-refractivity contribution is 4.73. The summed E-state index contributed by atoms with van der Waals surface area (Å²) in [5.41, 5.74) is 0. The number of rotatable bonds is 6. The number of hydrogen-bond donors (Lipinski definition) is 0. The molecule has 0 spiro atoms. The molecule has 1 saturated carbocycles. The van der Waals surface area contributed by atoms with E-state index >= 15 is 0 Å². The van der Waals surface area contributed by atoms with E-state index < -0.39 is 0 Å². The first kappa shape index (κ1) is 15.3. The van der Waals surface area contributed by atoms with Gasteiger partial charge in [0.2, 0.25) is 0 Å². The van der Waals surface area contributed by atoms with E-state index in [1.807, 2.05) is 7.11 Å². The second-order valence-electron chi connectivity index (χ2n) is 6.52. The second kappa shape index (κ2) is 8.23. The zero-order valence-electron chi connectivity index (χ0n) is 12.9. The monoisotopic (exact) mass is 268 g/mol. The van der Waals surface area contributed by atoms with Crippen LogP contribution < -0.4 is 0 Å². The van der Waals surface area contributed by atoms with Gasteiger partial charge in [0, 0.05) is 33.3 Å². The van der Waals surface area contributed by atoms with Crippen LogP contribution in [0.2, 0.25) is 0 Å². The first-order valence-corrected chi connectivity index (χ1v) is 8.21. The Morgan fingerprint density at radius 1 is 0.947 bits per heavy atom. The molecule has 0 aromatic heterocycles. The fraction of sp³-hybridized carbons (Fsp3) is 1.00. The van der Waals surface area contributed by atoms with Crippen molar-refractivity contribution >= 4 is 0 Å². The van der Waals surface area contributed by atoms with Crippen molar-refractivity contribution in [3.05, 3.63) is 0 Å². The maximum absolute atomic E-state index is 5.44. The molecule has 0 aromatic rings. The predicted molar refractivity (Wildman–Crippen MR) is 80.5 cm³/mol. The summed E-state index contributed by atoms with van der Waals surface area (Å²) in [4.78, 5) is 5.08. The molecule has 0 N–H and O–H groups in total. The molecule has 0 amide bonds. The van der Waals surface area contributed by atoms with Gasteiger partial charge in [-0.2, -0.15) is 0 Å². The Bertz CT molecular complexity index is 231. The lowest BCUT2D eigenvalue weighted by Gasteiger charge is -2.32. The van der Waals surface area contributed by atoms with Crippen LogP contribution in [-0.2, 0) is 4.74 Å². The van der Waals surface area contributed by atoms with Crippen LogP contribution in [0.1, 0.15) is 44.9 Å². The first-order valence-electron chi connectivity index (χ1n) is 8.21. The smallest absolute Gasteiger partial charge is 0.0571 e. The first-order chi connectivity index (χ1) is 9.28. The molecule has 0 radical (unpaired) electrons. The van der Waals surface area contributed by atoms with Crippen molar-refractivity contribution in [1.82, 2.24) is 9.80 Å². The average Bonchev–Trinajstić information content (AvgIpc) is 2.46. The van der Waals surface area contributed by atoms with E-state index in [-0.39, 0.29) is 0 Å². The van der Waals surface area contributed by atoms with Crippen LogP contribution in [0.4, 0.5) is 0 Å². The minimum atomic E-state index is 0.557. The van der Waals surface area contributed by atoms with E-state index in [0.717, 1.165) is 5.92 Å². The number of ether oxygens (including phenoxy) is 1. The SMILES string of the molecule is COC1CCC(CCCCN2CCN(C)CC2)CC1. The van der Waals surface area contributed by atoms with Gasteiger partial charge in [0.25, 0.3) is 0 Å². The molecule has 2 fully saturated rings. The molecule has 0 unspecified atom stereocenters. The normalized spacial score (nSPS) is 30.6. The molecule has 3 nitrogen and oxygen atoms in total. The van der Waals surface area contributed by atoms with Crippen molar-refractivity contribution in [2.75, 3.05) is 46.9 Å². The largest absolute Gasteiger partial charge is 0.381 e. The third kappa shape index (κ3) is 5.41. The molecule has 19 heavy (non-hydrogen) atoms. The zero-order chi connectivity index (χ0) is 13.5. The quantitative estimate of drug-likeness (QED) is 0.689. The van der Waals surface area contributed by atoms with Crippen LogP contribution in [-0.4, -0.2) is 62.8 Å². The third-order valence-electron chi connectivity index (χ3n) is 5.06. The molecule has 1 heterocycles. The topological polar surface area (TPSA) is 15.7 Å². The predicted octanol–water partition coefficient (Wildman–Crippen LogP) is 2.61. The Kier molecular flexibility index (Phi) is 6.62. The summed E-state index contributed by atoms with van der Waals surface area (Å²) in [5, 5.41) is 0. The van der Waals surface area contributed by atoms with Gasteiger partial charge in [0.05, 0.1) is 6.10 Å². The Morgan fingerprint density at radius 2 is 1.63 bits per heavy atom.